The summed E-state index contributed by atoms with van der Waals surface area (Å²) >= 11 is 6.30. The van der Waals surface area contributed by atoms with Gasteiger partial charge in [0.05, 0.1) is 0 Å². The molecule has 0 fully saturated rings. The van der Waals surface area contributed by atoms with E-state index in [1.807, 2.05) is 0 Å². The number of hydrogen-bond donors (Lipinski definition) is 0. The van der Waals surface area contributed by atoms with Crippen molar-refractivity contribution in [2.75, 3.05) is 0 Å². The van der Waals surface area contributed by atoms with E-state index >= 15 is 0 Å². The van der Waals surface area contributed by atoms with E-state index < -0.39 is 8.83 Å². The van der Waals surface area contributed by atoms with Crippen molar-refractivity contribution in [1.82, 2.24) is 0 Å². The van der Waals surface area contributed by atoms with Gasteiger partial charge >= 0.3 is 0 Å². The minimum Gasteiger partial charge on any atom is -0.176 e. The number of allylic oxidation sites excluding steroid dienone is 2. The highest BCUT2D eigenvalue weighted by Gasteiger charge is 2.33. The van der Waals surface area contributed by atoms with Gasteiger partial charge in [0.2, 0.25) is 0 Å². The van der Waals surface area contributed by atoms with Crippen LogP contribution in [-0.4, -0.2) is 8.83 Å². The molecule has 2 aromatic carbocycles. The quantitative estimate of drug-likeness (QED) is 0.551. The average Bonchev–Trinajstić information content (AvgIpc) is 3.17. The van der Waals surface area contributed by atoms with Gasteiger partial charge in [-0.2, -0.15) is 11.1 Å². The molecule has 0 heterocycles. The van der Waals surface area contributed by atoms with Gasteiger partial charge in [0.1, 0.15) is 8.83 Å². The first-order chi connectivity index (χ1) is 10.9. The van der Waals surface area contributed by atoms with Crippen molar-refractivity contribution in [3.63, 3.8) is 0 Å². The molecule has 0 bridgehead atoms. The highest BCUT2D eigenvalue weighted by Crippen LogP contribution is 2.47. The summed E-state index contributed by atoms with van der Waals surface area (Å²) in [5.74, 6) is 1.59. The molecular weight excluding hydrogens is 304 g/mol. The second-order valence-electron chi connectivity index (χ2n) is 6.17. The van der Waals surface area contributed by atoms with Gasteiger partial charge in [-0.3, -0.25) is 0 Å². The average molecular weight is 323 g/mol. The molecule has 0 amide bonds. The standard InChI is InChI=1S/C20H19ClSi/c21-22-13-20(18-11-9-14-5-1-3-7-16(14)18)19-12-10-15-6-2-4-8-17(15)19/h1-12,18-20H,13,22H2. The molecule has 0 nitrogen and oxygen atoms in total. The third kappa shape index (κ3) is 2.29. The summed E-state index contributed by atoms with van der Waals surface area (Å²) in [5, 5.41) is 0. The van der Waals surface area contributed by atoms with E-state index in [9.17, 15) is 0 Å². The zero-order chi connectivity index (χ0) is 14.9. The highest BCUT2D eigenvalue weighted by molar-refractivity contribution is 6.93. The summed E-state index contributed by atoms with van der Waals surface area (Å²) in [6.07, 6.45) is 9.36. The van der Waals surface area contributed by atoms with Crippen molar-refractivity contribution in [3.8, 4) is 0 Å². The van der Waals surface area contributed by atoms with Crippen LogP contribution in [0.3, 0.4) is 0 Å². The topological polar surface area (TPSA) is 0 Å². The number of rotatable bonds is 4. The number of benzene rings is 2. The summed E-state index contributed by atoms with van der Waals surface area (Å²) in [7, 11) is -0.497. The minimum absolute atomic E-state index is 0.497. The Kier molecular flexibility index (Phi) is 3.77. The van der Waals surface area contributed by atoms with Crippen molar-refractivity contribution >= 4 is 32.1 Å². The monoisotopic (exact) mass is 322 g/mol. The Morgan fingerprint density at radius 2 is 1.32 bits per heavy atom. The molecule has 0 N–H and O–H groups in total. The van der Waals surface area contributed by atoms with Crippen LogP contribution in [0.5, 0.6) is 0 Å². The third-order valence-corrected chi connectivity index (χ3v) is 6.58. The van der Waals surface area contributed by atoms with Gasteiger partial charge in [-0.05, 0) is 34.2 Å². The van der Waals surface area contributed by atoms with Crippen LogP contribution in [0.2, 0.25) is 6.04 Å². The van der Waals surface area contributed by atoms with Gasteiger partial charge in [-0.1, -0.05) is 72.8 Å². The fourth-order valence-corrected chi connectivity index (χ4v) is 5.74. The Morgan fingerprint density at radius 3 is 1.82 bits per heavy atom. The van der Waals surface area contributed by atoms with E-state index in [4.69, 9.17) is 11.1 Å². The van der Waals surface area contributed by atoms with Gasteiger partial charge in [0.15, 0.2) is 0 Å². The molecule has 2 heteroatoms. The predicted molar refractivity (Wildman–Crippen MR) is 99.1 cm³/mol. The first kappa shape index (κ1) is 14.0. The van der Waals surface area contributed by atoms with Gasteiger partial charge in [-0.25, -0.2) is 0 Å². The van der Waals surface area contributed by atoms with E-state index in [1.165, 1.54) is 28.3 Å². The molecule has 2 aromatic rings. The van der Waals surface area contributed by atoms with Crippen LogP contribution in [0, 0.1) is 5.92 Å². The number of halogens is 1. The van der Waals surface area contributed by atoms with Crippen LogP contribution in [0.1, 0.15) is 34.1 Å². The molecule has 0 saturated heterocycles. The summed E-state index contributed by atoms with van der Waals surface area (Å²) in [4.78, 5) is 0. The summed E-state index contributed by atoms with van der Waals surface area (Å²) in [6, 6.07) is 18.8. The van der Waals surface area contributed by atoms with E-state index in [0.29, 0.717) is 17.8 Å². The molecule has 0 saturated carbocycles. The highest BCUT2D eigenvalue weighted by atomic mass is 35.6. The lowest BCUT2D eigenvalue weighted by atomic mass is 9.78. The molecule has 0 spiro atoms. The maximum Gasteiger partial charge on any atom is 0.125 e. The number of fused-ring (bicyclic) bond motifs is 2. The van der Waals surface area contributed by atoms with Crippen LogP contribution in [0.15, 0.2) is 60.7 Å². The fraction of sp³-hybridized carbons (Fsp3) is 0.200. The van der Waals surface area contributed by atoms with E-state index in [2.05, 4.69) is 72.8 Å². The SMILES string of the molecule is Cl[SiH2]CC(C1C=Cc2ccccc21)C1C=Cc2ccccc21. The van der Waals surface area contributed by atoms with Gasteiger partial charge < -0.3 is 0 Å². The van der Waals surface area contributed by atoms with Crippen LogP contribution < -0.4 is 0 Å². The lowest BCUT2D eigenvalue weighted by Crippen LogP contribution is -2.18. The molecular formula is C20H19ClSi. The largest absolute Gasteiger partial charge is 0.176 e. The molecule has 2 unspecified atom stereocenters. The Morgan fingerprint density at radius 1 is 0.818 bits per heavy atom. The Labute approximate surface area is 139 Å². The van der Waals surface area contributed by atoms with Crippen LogP contribution in [-0.2, 0) is 0 Å². The molecule has 110 valence electrons. The van der Waals surface area contributed by atoms with Crippen LogP contribution in [0.25, 0.3) is 12.2 Å². The first-order valence-electron chi connectivity index (χ1n) is 7.98. The summed E-state index contributed by atoms with van der Waals surface area (Å²) < 4.78 is 0. The molecule has 4 rings (SSSR count). The fourth-order valence-electron chi connectivity index (χ4n) is 4.01. The van der Waals surface area contributed by atoms with Crippen LogP contribution in [0.4, 0.5) is 0 Å². The lowest BCUT2D eigenvalue weighted by molar-refractivity contribution is 0.481. The Hall–Kier alpha value is -1.57. The first-order valence-corrected chi connectivity index (χ1v) is 11.1. The zero-order valence-corrected chi connectivity index (χ0v) is 14.6. The van der Waals surface area contributed by atoms with E-state index in [1.54, 1.807) is 0 Å². The van der Waals surface area contributed by atoms with Gasteiger partial charge in [0.25, 0.3) is 0 Å². The van der Waals surface area contributed by atoms with Crippen LogP contribution >= 0.6 is 11.1 Å². The molecule has 2 aliphatic rings. The maximum atomic E-state index is 6.30. The molecule has 0 radical (unpaired) electrons. The molecule has 0 aliphatic heterocycles. The lowest BCUT2D eigenvalue weighted by Gasteiger charge is -2.29. The van der Waals surface area contributed by atoms with Crippen molar-refractivity contribution in [1.29, 1.82) is 0 Å². The minimum atomic E-state index is -0.497. The molecule has 0 aromatic heterocycles. The third-order valence-electron chi connectivity index (χ3n) is 5.04. The summed E-state index contributed by atoms with van der Waals surface area (Å²) in [5.41, 5.74) is 5.71. The van der Waals surface area contributed by atoms with Crippen molar-refractivity contribution < 1.29 is 0 Å². The molecule has 2 aliphatic carbocycles. The Bertz CT molecular complexity index is 685. The van der Waals surface area contributed by atoms with Gasteiger partial charge in [0, 0.05) is 11.8 Å². The Balaban J connectivity index is 1.72. The van der Waals surface area contributed by atoms with Gasteiger partial charge in [-0.15, -0.1) is 0 Å². The van der Waals surface area contributed by atoms with E-state index in [0.717, 1.165) is 0 Å². The molecule has 22 heavy (non-hydrogen) atoms. The maximum absolute atomic E-state index is 6.30. The molecule has 2 atom stereocenters. The normalized spacial score (nSPS) is 23.1. The van der Waals surface area contributed by atoms with Crippen molar-refractivity contribution in [2.24, 2.45) is 5.92 Å². The second kappa shape index (κ2) is 5.90. The van der Waals surface area contributed by atoms with E-state index in [-0.39, 0.29) is 0 Å². The summed E-state index contributed by atoms with van der Waals surface area (Å²) in [6.45, 7) is 0. The second-order valence-corrected chi connectivity index (χ2v) is 8.26. The zero-order valence-electron chi connectivity index (χ0n) is 12.5. The smallest absolute Gasteiger partial charge is 0.125 e. The number of hydrogen-bond acceptors (Lipinski definition) is 0. The van der Waals surface area contributed by atoms with Crippen molar-refractivity contribution in [2.45, 2.75) is 17.9 Å². The predicted octanol–water partition coefficient (Wildman–Crippen LogP) is 4.96. The van der Waals surface area contributed by atoms with Crippen molar-refractivity contribution in [3.05, 3.63) is 82.9 Å².